The van der Waals surface area contributed by atoms with E-state index in [1.807, 2.05) is 53.2 Å². The van der Waals surface area contributed by atoms with Crippen molar-refractivity contribution in [1.29, 1.82) is 0 Å². The Labute approximate surface area is 201 Å². The lowest BCUT2D eigenvalue weighted by atomic mass is 10.2. The average molecular weight is 495 g/mol. The van der Waals surface area contributed by atoms with Crippen LogP contribution in [-0.4, -0.2) is 25.9 Å². The van der Waals surface area contributed by atoms with Gasteiger partial charge in [-0.1, -0.05) is 41.2 Å². The molecule has 1 amide bonds. The van der Waals surface area contributed by atoms with E-state index in [2.05, 4.69) is 10.5 Å². The second-order valence-electron chi connectivity index (χ2n) is 7.25. The van der Waals surface area contributed by atoms with Crippen LogP contribution in [0.5, 0.6) is 0 Å². The molecule has 0 radical (unpaired) electrons. The van der Waals surface area contributed by atoms with Gasteiger partial charge in [0.1, 0.15) is 10.6 Å². The first-order chi connectivity index (χ1) is 16.0. The maximum absolute atomic E-state index is 13.8. The van der Waals surface area contributed by atoms with E-state index in [1.54, 1.807) is 35.8 Å². The first-order valence-electron chi connectivity index (χ1n) is 10.1. The first-order valence-corrected chi connectivity index (χ1v) is 12.7. The summed E-state index contributed by atoms with van der Waals surface area (Å²) in [6.45, 7) is 3.52. The minimum Gasteiger partial charge on any atom is -0.360 e. The first kappa shape index (κ1) is 21.6. The van der Waals surface area contributed by atoms with Gasteiger partial charge in [0.05, 0.1) is 16.3 Å². The number of thiophene rings is 2. The number of aromatic nitrogens is 3. The van der Waals surface area contributed by atoms with Crippen LogP contribution in [0.2, 0.25) is 0 Å². The smallest absolute Gasteiger partial charge is 0.268 e. The lowest BCUT2D eigenvalue weighted by Crippen LogP contribution is -2.26. The molecule has 0 fully saturated rings. The Balaban J connectivity index is 1.58. The molecule has 166 valence electrons. The molecule has 5 aromatic rings. The second kappa shape index (κ2) is 8.97. The number of hydrogen-bond donors (Lipinski definition) is 1. The highest BCUT2D eigenvalue weighted by atomic mass is 32.2. The minimum absolute atomic E-state index is 0.155. The van der Waals surface area contributed by atoms with E-state index >= 15 is 0 Å². The quantitative estimate of drug-likeness (QED) is 0.244. The van der Waals surface area contributed by atoms with E-state index in [-0.39, 0.29) is 11.5 Å². The van der Waals surface area contributed by atoms with Crippen molar-refractivity contribution in [3.8, 4) is 16.1 Å². The zero-order valence-electron chi connectivity index (χ0n) is 17.6. The SMILES string of the molecule is Cc1cc(NC(=O)C(C)Sc2nc3scc(-c4cccs4)c3c(=O)n2-c2ccccc2)no1. The van der Waals surface area contributed by atoms with Crippen molar-refractivity contribution in [2.75, 3.05) is 5.32 Å². The van der Waals surface area contributed by atoms with Gasteiger partial charge in [-0.3, -0.25) is 14.2 Å². The highest BCUT2D eigenvalue weighted by molar-refractivity contribution is 8.00. The van der Waals surface area contributed by atoms with E-state index in [0.29, 0.717) is 32.6 Å². The number of para-hydroxylation sites is 1. The van der Waals surface area contributed by atoms with Crippen LogP contribution >= 0.6 is 34.4 Å². The number of anilines is 1. The van der Waals surface area contributed by atoms with Crippen molar-refractivity contribution in [2.45, 2.75) is 24.3 Å². The Bertz CT molecular complexity index is 1490. The van der Waals surface area contributed by atoms with Crippen molar-refractivity contribution in [2.24, 2.45) is 0 Å². The maximum atomic E-state index is 13.8. The Hall–Kier alpha value is -3.21. The summed E-state index contributed by atoms with van der Waals surface area (Å²) >= 11 is 4.24. The van der Waals surface area contributed by atoms with Gasteiger partial charge >= 0.3 is 0 Å². The molecule has 0 saturated carbocycles. The van der Waals surface area contributed by atoms with Crippen LogP contribution in [-0.2, 0) is 4.79 Å². The van der Waals surface area contributed by atoms with E-state index in [4.69, 9.17) is 9.51 Å². The second-order valence-corrected chi connectivity index (χ2v) is 10.4. The van der Waals surface area contributed by atoms with Gasteiger partial charge in [-0.05, 0) is 37.4 Å². The van der Waals surface area contributed by atoms with Crippen LogP contribution in [0.25, 0.3) is 26.3 Å². The van der Waals surface area contributed by atoms with Gasteiger partial charge in [-0.15, -0.1) is 22.7 Å². The number of nitrogens with one attached hydrogen (secondary N) is 1. The fourth-order valence-corrected chi connectivity index (χ4v) is 6.06. The summed E-state index contributed by atoms with van der Waals surface area (Å²) in [5.41, 5.74) is 1.43. The third-order valence-electron chi connectivity index (χ3n) is 4.91. The van der Waals surface area contributed by atoms with Crippen molar-refractivity contribution in [3.63, 3.8) is 0 Å². The van der Waals surface area contributed by atoms with Crippen molar-refractivity contribution >= 4 is 56.4 Å². The van der Waals surface area contributed by atoms with Crippen LogP contribution in [0.4, 0.5) is 5.82 Å². The van der Waals surface area contributed by atoms with E-state index < -0.39 is 5.25 Å². The number of amides is 1. The Morgan fingerprint density at radius 1 is 1.18 bits per heavy atom. The standard InChI is InChI=1S/C23H18N4O3S3/c1-13-11-18(26-30-13)24-20(28)14(2)33-23-25-21-19(16(12-32-21)17-9-6-10-31-17)22(29)27(23)15-7-4-3-5-8-15/h3-12,14H,1-2H3,(H,24,26,28). The van der Waals surface area contributed by atoms with E-state index in [9.17, 15) is 9.59 Å². The number of fused-ring (bicyclic) bond motifs is 1. The molecular weight excluding hydrogens is 476 g/mol. The highest BCUT2D eigenvalue weighted by Crippen LogP contribution is 2.35. The molecule has 0 aliphatic carbocycles. The van der Waals surface area contributed by atoms with Gasteiger partial charge in [0.2, 0.25) is 5.91 Å². The number of rotatable bonds is 6. The molecule has 10 heteroatoms. The lowest BCUT2D eigenvalue weighted by molar-refractivity contribution is -0.115. The predicted molar refractivity (Wildman–Crippen MR) is 134 cm³/mol. The van der Waals surface area contributed by atoms with Crippen LogP contribution in [0.15, 0.2) is 73.8 Å². The largest absolute Gasteiger partial charge is 0.360 e. The van der Waals surface area contributed by atoms with Gasteiger partial charge in [0.25, 0.3) is 5.56 Å². The third-order valence-corrected chi connectivity index (χ3v) is 7.74. The number of benzene rings is 1. The molecule has 1 unspecified atom stereocenters. The third kappa shape index (κ3) is 4.24. The molecule has 5 rings (SSSR count). The summed E-state index contributed by atoms with van der Waals surface area (Å²) in [5.74, 6) is 0.704. The number of thioether (sulfide) groups is 1. The summed E-state index contributed by atoms with van der Waals surface area (Å²) < 4.78 is 6.59. The fraction of sp³-hybridized carbons (Fsp3) is 0.130. The molecule has 1 N–H and O–H groups in total. The highest BCUT2D eigenvalue weighted by Gasteiger charge is 2.23. The molecule has 4 aromatic heterocycles. The number of aryl methyl sites for hydroxylation is 1. The maximum Gasteiger partial charge on any atom is 0.268 e. The molecule has 4 heterocycles. The molecule has 7 nitrogen and oxygen atoms in total. The summed E-state index contributed by atoms with van der Waals surface area (Å²) in [4.78, 5) is 33.0. The van der Waals surface area contributed by atoms with E-state index in [1.165, 1.54) is 23.1 Å². The fourth-order valence-electron chi connectivity index (χ4n) is 3.33. The minimum atomic E-state index is -0.530. The van der Waals surface area contributed by atoms with Crippen LogP contribution < -0.4 is 10.9 Å². The van der Waals surface area contributed by atoms with Gasteiger partial charge < -0.3 is 9.84 Å². The van der Waals surface area contributed by atoms with Gasteiger partial charge in [-0.25, -0.2) is 4.98 Å². The molecule has 1 aromatic carbocycles. The number of hydrogen-bond acceptors (Lipinski definition) is 8. The topological polar surface area (TPSA) is 90.0 Å². The zero-order valence-corrected chi connectivity index (χ0v) is 20.1. The van der Waals surface area contributed by atoms with Crippen LogP contribution in [0.1, 0.15) is 12.7 Å². The van der Waals surface area contributed by atoms with Gasteiger partial charge in [0.15, 0.2) is 11.0 Å². The van der Waals surface area contributed by atoms with Gasteiger partial charge in [-0.2, -0.15) is 0 Å². The van der Waals surface area contributed by atoms with Crippen molar-refractivity contribution < 1.29 is 9.32 Å². The van der Waals surface area contributed by atoms with E-state index in [0.717, 1.165) is 10.4 Å². The summed E-state index contributed by atoms with van der Waals surface area (Å²) in [6, 6.07) is 15.0. The number of carbonyl (C=O) groups excluding carboxylic acids is 1. The van der Waals surface area contributed by atoms with Crippen molar-refractivity contribution in [1.82, 2.24) is 14.7 Å². The average Bonchev–Trinajstić information content (AvgIpc) is 3.55. The molecular formula is C23H18N4O3S3. The van der Waals surface area contributed by atoms with Crippen LogP contribution in [0.3, 0.4) is 0 Å². The Kier molecular flexibility index (Phi) is 5.88. The number of carbonyl (C=O) groups is 1. The molecule has 0 spiro atoms. The lowest BCUT2D eigenvalue weighted by Gasteiger charge is -2.15. The summed E-state index contributed by atoms with van der Waals surface area (Å²) in [7, 11) is 0. The summed E-state index contributed by atoms with van der Waals surface area (Å²) in [5, 5.41) is 11.0. The summed E-state index contributed by atoms with van der Waals surface area (Å²) in [6.07, 6.45) is 0. The molecule has 33 heavy (non-hydrogen) atoms. The molecule has 0 aliphatic rings. The zero-order chi connectivity index (χ0) is 22.9. The van der Waals surface area contributed by atoms with Crippen LogP contribution in [0, 0.1) is 6.92 Å². The molecule has 0 aliphatic heterocycles. The Morgan fingerprint density at radius 2 is 2.00 bits per heavy atom. The normalized spacial score (nSPS) is 12.2. The predicted octanol–water partition coefficient (Wildman–Crippen LogP) is 5.59. The van der Waals surface area contributed by atoms with Gasteiger partial charge in [0, 0.05) is 21.9 Å². The monoisotopic (exact) mass is 494 g/mol. The molecule has 1 atom stereocenters. The molecule has 0 bridgehead atoms. The molecule has 0 saturated heterocycles. The number of nitrogens with zero attached hydrogens (tertiary/aromatic N) is 3. The van der Waals surface area contributed by atoms with Crippen molar-refractivity contribution in [3.05, 3.63) is 75.4 Å². The Morgan fingerprint density at radius 3 is 2.70 bits per heavy atom.